The summed E-state index contributed by atoms with van der Waals surface area (Å²) in [5.74, 6) is 2.49. The zero-order chi connectivity index (χ0) is 13.2. The third-order valence-electron chi connectivity index (χ3n) is 5.24. The Labute approximate surface area is 113 Å². The lowest BCUT2D eigenvalue weighted by atomic mass is 9.66. The lowest BCUT2D eigenvalue weighted by Crippen LogP contribution is -2.40. The summed E-state index contributed by atoms with van der Waals surface area (Å²) in [6.45, 7) is 9.10. The second-order valence-electron chi connectivity index (χ2n) is 7.59. The maximum absolute atomic E-state index is 6.37. The Morgan fingerprint density at radius 3 is 2.33 bits per heavy atom. The second-order valence-corrected chi connectivity index (χ2v) is 7.59. The SMILES string of the molecule is CC(C)(C)C1CCC(N)C(CC2CCOCC2)C1. The Morgan fingerprint density at radius 1 is 1.06 bits per heavy atom. The van der Waals surface area contributed by atoms with Crippen LogP contribution in [0.25, 0.3) is 0 Å². The van der Waals surface area contributed by atoms with Crippen LogP contribution >= 0.6 is 0 Å². The first-order valence-corrected chi connectivity index (χ1v) is 7.80. The first kappa shape index (κ1) is 14.3. The lowest BCUT2D eigenvalue weighted by molar-refractivity contribution is 0.0458. The minimum Gasteiger partial charge on any atom is -0.381 e. The summed E-state index contributed by atoms with van der Waals surface area (Å²) in [6.07, 6.45) is 7.76. The maximum atomic E-state index is 6.37. The number of ether oxygens (including phenoxy) is 1. The van der Waals surface area contributed by atoms with Crippen LogP contribution in [0.2, 0.25) is 0 Å². The molecule has 2 aliphatic rings. The lowest BCUT2D eigenvalue weighted by Gasteiger charge is -2.42. The topological polar surface area (TPSA) is 35.2 Å². The third kappa shape index (κ3) is 3.71. The van der Waals surface area contributed by atoms with Gasteiger partial charge in [0.15, 0.2) is 0 Å². The monoisotopic (exact) mass is 253 g/mol. The molecule has 1 aliphatic carbocycles. The van der Waals surface area contributed by atoms with Crippen LogP contribution in [-0.4, -0.2) is 19.3 Å². The standard InChI is InChI=1S/C16H31NO/c1-16(2,3)14-4-5-15(17)13(11-14)10-12-6-8-18-9-7-12/h12-15H,4-11,17H2,1-3H3. The molecule has 2 nitrogen and oxygen atoms in total. The molecular formula is C16H31NO. The van der Waals surface area contributed by atoms with Crippen LogP contribution in [0.1, 0.15) is 59.3 Å². The van der Waals surface area contributed by atoms with E-state index in [4.69, 9.17) is 10.5 Å². The zero-order valence-corrected chi connectivity index (χ0v) is 12.5. The molecule has 2 heteroatoms. The molecule has 1 saturated carbocycles. The van der Waals surface area contributed by atoms with Crippen molar-refractivity contribution in [1.82, 2.24) is 0 Å². The minimum atomic E-state index is 0.450. The van der Waals surface area contributed by atoms with E-state index in [9.17, 15) is 0 Å². The van der Waals surface area contributed by atoms with Gasteiger partial charge in [-0.3, -0.25) is 0 Å². The summed E-state index contributed by atoms with van der Waals surface area (Å²) in [5, 5.41) is 0. The van der Waals surface area contributed by atoms with E-state index in [0.717, 1.165) is 31.0 Å². The van der Waals surface area contributed by atoms with Crippen molar-refractivity contribution in [2.45, 2.75) is 65.3 Å². The molecule has 18 heavy (non-hydrogen) atoms. The highest BCUT2D eigenvalue weighted by Gasteiger charge is 2.35. The molecule has 3 unspecified atom stereocenters. The van der Waals surface area contributed by atoms with Gasteiger partial charge in [0.05, 0.1) is 0 Å². The summed E-state index contributed by atoms with van der Waals surface area (Å²) in [6, 6.07) is 0.450. The van der Waals surface area contributed by atoms with Crippen LogP contribution in [0.4, 0.5) is 0 Å². The van der Waals surface area contributed by atoms with Gasteiger partial charge in [-0.1, -0.05) is 20.8 Å². The van der Waals surface area contributed by atoms with Crippen molar-refractivity contribution in [3.05, 3.63) is 0 Å². The highest BCUT2D eigenvalue weighted by molar-refractivity contribution is 4.88. The van der Waals surface area contributed by atoms with E-state index >= 15 is 0 Å². The Kier molecular flexibility index (Phi) is 4.71. The Balaban J connectivity index is 1.88. The van der Waals surface area contributed by atoms with E-state index in [1.54, 1.807) is 0 Å². The molecule has 2 N–H and O–H groups in total. The number of rotatable bonds is 2. The molecule has 2 rings (SSSR count). The van der Waals surface area contributed by atoms with Crippen molar-refractivity contribution in [2.24, 2.45) is 28.9 Å². The molecule has 1 saturated heterocycles. The smallest absolute Gasteiger partial charge is 0.0468 e. The molecule has 2 fully saturated rings. The number of hydrogen-bond donors (Lipinski definition) is 1. The van der Waals surface area contributed by atoms with Crippen molar-refractivity contribution in [3.8, 4) is 0 Å². The van der Waals surface area contributed by atoms with Gasteiger partial charge < -0.3 is 10.5 Å². The highest BCUT2D eigenvalue weighted by atomic mass is 16.5. The van der Waals surface area contributed by atoms with Crippen molar-refractivity contribution in [2.75, 3.05) is 13.2 Å². The molecule has 3 atom stereocenters. The van der Waals surface area contributed by atoms with Crippen molar-refractivity contribution in [1.29, 1.82) is 0 Å². The second kappa shape index (κ2) is 5.92. The van der Waals surface area contributed by atoms with Gasteiger partial charge in [0.1, 0.15) is 0 Å². The van der Waals surface area contributed by atoms with Crippen molar-refractivity contribution >= 4 is 0 Å². The van der Waals surface area contributed by atoms with Crippen molar-refractivity contribution < 1.29 is 4.74 Å². The predicted molar refractivity (Wildman–Crippen MR) is 76.4 cm³/mol. The summed E-state index contributed by atoms with van der Waals surface area (Å²) < 4.78 is 5.46. The average molecular weight is 253 g/mol. The summed E-state index contributed by atoms with van der Waals surface area (Å²) in [5.41, 5.74) is 6.82. The number of nitrogens with two attached hydrogens (primary N) is 1. The molecule has 0 radical (unpaired) electrons. The van der Waals surface area contributed by atoms with E-state index in [-0.39, 0.29) is 0 Å². The normalized spacial score (nSPS) is 35.7. The van der Waals surface area contributed by atoms with E-state index < -0.39 is 0 Å². The van der Waals surface area contributed by atoms with Crippen LogP contribution in [0.3, 0.4) is 0 Å². The van der Waals surface area contributed by atoms with Gasteiger partial charge in [-0.05, 0) is 61.7 Å². The highest BCUT2D eigenvalue weighted by Crippen LogP contribution is 2.42. The zero-order valence-electron chi connectivity index (χ0n) is 12.5. The Bertz CT molecular complexity index is 252. The molecule has 0 aromatic carbocycles. The maximum Gasteiger partial charge on any atom is 0.0468 e. The molecule has 0 aromatic rings. The molecule has 1 heterocycles. The largest absolute Gasteiger partial charge is 0.381 e. The van der Waals surface area contributed by atoms with E-state index in [0.29, 0.717) is 11.5 Å². The van der Waals surface area contributed by atoms with Gasteiger partial charge in [0.2, 0.25) is 0 Å². The van der Waals surface area contributed by atoms with E-state index in [1.807, 2.05) is 0 Å². The quantitative estimate of drug-likeness (QED) is 0.816. The Morgan fingerprint density at radius 2 is 1.72 bits per heavy atom. The third-order valence-corrected chi connectivity index (χ3v) is 5.24. The summed E-state index contributed by atoms with van der Waals surface area (Å²) in [4.78, 5) is 0. The molecule has 0 aromatic heterocycles. The van der Waals surface area contributed by atoms with Crippen LogP contribution in [-0.2, 0) is 4.74 Å². The van der Waals surface area contributed by atoms with E-state index in [1.165, 1.54) is 38.5 Å². The first-order chi connectivity index (χ1) is 8.47. The van der Waals surface area contributed by atoms with Crippen LogP contribution in [0.15, 0.2) is 0 Å². The average Bonchev–Trinajstić information content (AvgIpc) is 2.32. The molecule has 0 spiro atoms. The number of hydrogen-bond acceptors (Lipinski definition) is 2. The molecule has 0 bridgehead atoms. The van der Waals surface area contributed by atoms with Crippen LogP contribution in [0.5, 0.6) is 0 Å². The van der Waals surface area contributed by atoms with Gasteiger partial charge in [-0.15, -0.1) is 0 Å². The van der Waals surface area contributed by atoms with Crippen molar-refractivity contribution in [3.63, 3.8) is 0 Å². The predicted octanol–water partition coefficient (Wildman–Crippen LogP) is 3.59. The summed E-state index contributed by atoms with van der Waals surface area (Å²) in [7, 11) is 0. The van der Waals surface area contributed by atoms with Gasteiger partial charge in [0.25, 0.3) is 0 Å². The van der Waals surface area contributed by atoms with Gasteiger partial charge in [0, 0.05) is 19.3 Å². The fraction of sp³-hybridized carbons (Fsp3) is 1.00. The minimum absolute atomic E-state index is 0.450. The first-order valence-electron chi connectivity index (χ1n) is 7.80. The Hall–Kier alpha value is -0.0800. The van der Waals surface area contributed by atoms with E-state index in [2.05, 4.69) is 20.8 Å². The van der Waals surface area contributed by atoms with Crippen LogP contribution < -0.4 is 5.73 Å². The molecule has 106 valence electrons. The summed E-state index contributed by atoms with van der Waals surface area (Å²) >= 11 is 0. The van der Waals surface area contributed by atoms with Gasteiger partial charge >= 0.3 is 0 Å². The van der Waals surface area contributed by atoms with Crippen LogP contribution in [0, 0.1) is 23.2 Å². The molecule has 0 amide bonds. The molecular weight excluding hydrogens is 222 g/mol. The molecule has 1 aliphatic heterocycles. The fourth-order valence-corrected chi connectivity index (χ4v) is 3.76. The van der Waals surface area contributed by atoms with Gasteiger partial charge in [-0.25, -0.2) is 0 Å². The fourth-order valence-electron chi connectivity index (χ4n) is 3.76. The van der Waals surface area contributed by atoms with Gasteiger partial charge in [-0.2, -0.15) is 0 Å².